The molecule has 116 valence electrons. The highest BCUT2D eigenvalue weighted by Crippen LogP contribution is 2.23. The Bertz CT molecular complexity index is 861. The Morgan fingerprint density at radius 3 is 2.43 bits per heavy atom. The third-order valence-corrected chi connectivity index (χ3v) is 4.94. The standard InChI is InChI=1S/C17H13IN2O3/c1-9-3-5-11(8-14(9)18)19-15(21)10-4-6-12-13(7-10)17(23)20(2)16(12)22/h3-8H,1-2H3,(H,19,21). The van der Waals surface area contributed by atoms with Crippen molar-refractivity contribution in [1.29, 1.82) is 0 Å². The van der Waals surface area contributed by atoms with Gasteiger partial charge in [0.15, 0.2) is 0 Å². The molecule has 0 unspecified atom stereocenters. The fourth-order valence-corrected chi connectivity index (χ4v) is 2.89. The highest BCUT2D eigenvalue weighted by atomic mass is 127. The molecule has 0 aromatic heterocycles. The van der Waals surface area contributed by atoms with Gasteiger partial charge >= 0.3 is 0 Å². The van der Waals surface area contributed by atoms with Gasteiger partial charge in [-0.05, 0) is 65.4 Å². The number of rotatable bonds is 2. The summed E-state index contributed by atoms with van der Waals surface area (Å²) in [4.78, 5) is 37.3. The number of anilines is 1. The minimum absolute atomic E-state index is 0.267. The van der Waals surface area contributed by atoms with Crippen molar-refractivity contribution in [3.63, 3.8) is 0 Å². The Labute approximate surface area is 146 Å². The summed E-state index contributed by atoms with van der Waals surface area (Å²) >= 11 is 2.20. The van der Waals surface area contributed by atoms with Gasteiger partial charge in [-0.2, -0.15) is 0 Å². The monoisotopic (exact) mass is 420 g/mol. The molecule has 0 atom stereocenters. The molecule has 0 saturated carbocycles. The molecule has 23 heavy (non-hydrogen) atoms. The lowest BCUT2D eigenvalue weighted by Crippen LogP contribution is -2.24. The lowest BCUT2D eigenvalue weighted by Gasteiger charge is -2.07. The van der Waals surface area contributed by atoms with Crippen molar-refractivity contribution in [2.24, 2.45) is 0 Å². The highest BCUT2D eigenvalue weighted by Gasteiger charge is 2.33. The first-order valence-electron chi connectivity index (χ1n) is 6.92. The van der Waals surface area contributed by atoms with E-state index in [-0.39, 0.29) is 23.3 Å². The lowest BCUT2D eigenvalue weighted by atomic mass is 10.1. The van der Waals surface area contributed by atoms with Crippen LogP contribution < -0.4 is 5.32 Å². The van der Waals surface area contributed by atoms with Crippen LogP contribution in [0.2, 0.25) is 0 Å². The van der Waals surface area contributed by atoms with Crippen LogP contribution in [-0.4, -0.2) is 29.7 Å². The summed E-state index contributed by atoms with van der Waals surface area (Å²) in [6, 6.07) is 10.2. The van der Waals surface area contributed by atoms with Crippen molar-refractivity contribution in [3.8, 4) is 0 Å². The minimum Gasteiger partial charge on any atom is -0.322 e. The fourth-order valence-electron chi connectivity index (χ4n) is 2.38. The maximum atomic E-state index is 12.4. The van der Waals surface area contributed by atoms with Crippen LogP contribution in [0.15, 0.2) is 36.4 Å². The molecule has 0 fully saturated rings. The first-order chi connectivity index (χ1) is 10.9. The zero-order chi connectivity index (χ0) is 16.7. The van der Waals surface area contributed by atoms with Crippen molar-refractivity contribution < 1.29 is 14.4 Å². The summed E-state index contributed by atoms with van der Waals surface area (Å²) in [5, 5.41) is 2.80. The molecule has 0 radical (unpaired) electrons. The number of nitrogens with zero attached hydrogens (tertiary/aromatic N) is 1. The van der Waals surface area contributed by atoms with E-state index in [1.807, 2.05) is 25.1 Å². The van der Waals surface area contributed by atoms with Crippen molar-refractivity contribution in [2.45, 2.75) is 6.92 Å². The Hall–Kier alpha value is -2.22. The number of carbonyl (C=O) groups is 3. The fraction of sp³-hybridized carbons (Fsp3) is 0.118. The quantitative estimate of drug-likeness (QED) is 0.600. The van der Waals surface area contributed by atoms with Gasteiger partial charge in [0.2, 0.25) is 0 Å². The second-order valence-corrected chi connectivity index (χ2v) is 6.51. The van der Waals surface area contributed by atoms with E-state index in [0.29, 0.717) is 16.8 Å². The second kappa shape index (κ2) is 5.77. The predicted octanol–water partition coefficient (Wildman–Crippen LogP) is 3.08. The van der Waals surface area contributed by atoms with Crippen LogP contribution in [-0.2, 0) is 0 Å². The molecule has 1 aliphatic heterocycles. The summed E-state index contributed by atoms with van der Waals surface area (Å²) in [7, 11) is 1.43. The van der Waals surface area contributed by atoms with Gasteiger partial charge in [-0.1, -0.05) is 6.07 Å². The summed E-state index contributed by atoms with van der Waals surface area (Å²) in [5.41, 5.74) is 2.76. The molecule has 6 heteroatoms. The van der Waals surface area contributed by atoms with Crippen LogP contribution >= 0.6 is 22.6 Å². The number of amides is 3. The number of halogens is 1. The normalized spacial score (nSPS) is 13.3. The van der Waals surface area contributed by atoms with E-state index in [1.165, 1.54) is 19.2 Å². The molecule has 0 saturated heterocycles. The largest absolute Gasteiger partial charge is 0.322 e. The van der Waals surface area contributed by atoms with Crippen molar-refractivity contribution in [2.75, 3.05) is 12.4 Å². The topological polar surface area (TPSA) is 66.5 Å². The molecular formula is C17H13IN2O3. The van der Waals surface area contributed by atoms with Crippen LogP contribution in [0.3, 0.4) is 0 Å². The molecule has 1 heterocycles. The number of benzene rings is 2. The van der Waals surface area contributed by atoms with E-state index < -0.39 is 0 Å². The van der Waals surface area contributed by atoms with Crippen LogP contribution in [0.1, 0.15) is 36.6 Å². The van der Waals surface area contributed by atoms with Crippen LogP contribution in [0, 0.1) is 10.5 Å². The summed E-state index contributed by atoms with van der Waals surface area (Å²) in [6.07, 6.45) is 0. The Balaban J connectivity index is 1.88. The van der Waals surface area contributed by atoms with Crippen molar-refractivity contribution in [1.82, 2.24) is 4.90 Å². The second-order valence-electron chi connectivity index (χ2n) is 5.35. The van der Waals surface area contributed by atoms with Gasteiger partial charge < -0.3 is 5.32 Å². The van der Waals surface area contributed by atoms with Crippen molar-refractivity contribution in [3.05, 3.63) is 62.2 Å². The van der Waals surface area contributed by atoms with E-state index in [1.54, 1.807) is 6.07 Å². The number of imide groups is 1. The molecule has 0 aliphatic carbocycles. The van der Waals surface area contributed by atoms with Crippen LogP contribution in [0.4, 0.5) is 5.69 Å². The van der Waals surface area contributed by atoms with Gasteiger partial charge in [-0.25, -0.2) is 0 Å². The molecule has 1 aliphatic rings. The van der Waals surface area contributed by atoms with Gasteiger partial charge in [0, 0.05) is 21.9 Å². The third kappa shape index (κ3) is 2.74. The van der Waals surface area contributed by atoms with Crippen molar-refractivity contribution >= 4 is 46.0 Å². The summed E-state index contributed by atoms with van der Waals surface area (Å²) < 4.78 is 1.05. The predicted molar refractivity (Wildman–Crippen MR) is 94.7 cm³/mol. The van der Waals surface area contributed by atoms with Crippen LogP contribution in [0.5, 0.6) is 0 Å². The Morgan fingerprint density at radius 2 is 1.74 bits per heavy atom. The summed E-state index contributed by atoms with van der Waals surface area (Å²) in [5.74, 6) is -1.04. The van der Waals surface area contributed by atoms with Crippen LogP contribution in [0.25, 0.3) is 0 Å². The number of carbonyl (C=O) groups excluding carboxylic acids is 3. The average molecular weight is 420 g/mol. The van der Waals surface area contributed by atoms with E-state index in [2.05, 4.69) is 27.9 Å². The van der Waals surface area contributed by atoms with Gasteiger partial charge in [-0.3, -0.25) is 19.3 Å². The maximum Gasteiger partial charge on any atom is 0.261 e. The van der Waals surface area contributed by atoms with Gasteiger partial charge in [0.25, 0.3) is 17.7 Å². The number of hydrogen-bond acceptors (Lipinski definition) is 3. The van der Waals surface area contributed by atoms with Gasteiger partial charge in [0.05, 0.1) is 11.1 Å². The molecule has 3 rings (SSSR count). The number of aryl methyl sites for hydroxylation is 1. The number of nitrogens with one attached hydrogen (secondary N) is 1. The molecule has 5 nitrogen and oxygen atoms in total. The van der Waals surface area contributed by atoms with Gasteiger partial charge in [-0.15, -0.1) is 0 Å². The molecule has 0 bridgehead atoms. The summed E-state index contributed by atoms with van der Waals surface area (Å²) in [6.45, 7) is 1.99. The lowest BCUT2D eigenvalue weighted by molar-refractivity contribution is 0.0693. The molecule has 3 amide bonds. The molecule has 2 aromatic rings. The SMILES string of the molecule is Cc1ccc(NC(=O)c2ccc3c(c2)C(=O)N(C)C3=O)cc1I. The minimum atomic E-state index is -0.385. The van der Waals surface area contributed by atoms with E-state index >= 15 is 0 Å². The maximum absolute atomic E-state index is 12.4. The van der Waals surface area contributed by atoms with E-state index in [9.17, 15) is 14.4 Å². The zero-order valence-electron chi connectivity index (χ0n) is 12.5. The highest BCUT2D eigenvalue weighted by molar-refractivity contribution is 14.1. The smallest absolute Gasteiger partial charge is 0.261 e. The average Bonchev–Trinajstić information content (AvgIpc) is 2.75. The molecule has 1 N–H and O–H groups in total. The molecular weight excluding hydrogens is 407 g/mol. The molecule has 0 spiro atoms. The zero-order valence-corrected chi connectivity index (χ0v) is 14.7. The first-order valence-corrected chi connectivity index (χ1v) is 8.00. The first kappa shape index (κ1) is 15.7. The third-order valence-electron chi connectivity index (χ3n) is 3.78. The number of hydrogen-bond donors (Lipinski definition) is 1. The molecule has 2 aromatic carbocycles. The number of fused-ring (bicyclic) bond motifs is 1. The van der Waals surface area contributed by atoms with Gasteiger partial charge in [0.1, 0.15) is 0 Å². The van der Waals surface area contributed by atoms with E-state index in [0.717, 1.165) is 14.0 Å². The van der Waals surface area contributed by atoms with E-state index in [4.69, 9.17) is 0 Å². The Morgan fingerprint density at radius 1 is 1.04 bits per heavy atom. The Kier molecular flexibility index (Phi) is 3.93.